The van der Waals surface area contributed by atoms with E-state index < -0.39 is 18.6 Å². The van der Waals surface area contributed by atoms with Gasteiger partial charge in [0.05, 0.1) is 6.42 Å². The maximum Gasteiger partial charge on any atom is 0.390 e. The molecule has 0 aliphatic carbocycles. The maximum atomic E-state index is 12.1. The lowest BCUT2D eigenvalue weighted by Crippen LogP contribution is -2.30. The van der Waals surface area contributed by atoms with Crippen LogP contribution in [0, 0.1) is 0 Å². The fourth-order valence-corrected chi connectivity index (χ4v) is 1.70. The fraction of sp³-hybridized carbons (Fsp3) is 0.667. The van der Waals surface area contributed by atoms with Crippen LogP contribution < -0.4 is 5.32 Å². The molecule has 0 aliphatic heterocycles. The monoisotopic (exact) mass is 248 g/mol. The third-order valence-corrected chi connectivity index (χ3v) is 2.49. The third kappa shape index (κ3) is 5.77. The average Bonchev–Trinajstić information content (AvgIpc) is 2.61. The molecule has 0 bridgehead atoms. The highest BCUT2D eigenvalue weighted by Gasteiger charge is 2.29. The summed E-state index contributed by atoms with van der Waals surface area (Å²) in [5.74, 6) is 0. The van der Waals surface area contributed by atoms with Crippen LogP contribution in [0.1, 0.15) is 32.3 Å². The molecule has 17 heavy (non-hydrogen) atoms. The number of aromatic nitrogens is 1. The first kappa shape index (κ1) is 14.1. The molecule has 1 N–H and O–H groups in total. The number of halogens is 3. The second kappa shape index (κ2) is 6.10. The molecule has 1 aromatic rings. The summed E-state index contributed by atoms with van der Waals surface area (Å²) in [7, 11) is 0. The van der Waals surface area contributed by atoms with Crippen LogP contribution in [-0.4, -0.2) is 16.8 Å². The molecule has 0 aliphatic rings. The van der Waals surface area contributed by atoms with E-state index in [9.17, 15) is 13.2 Å². The normalized spacial score (nSPS) is 13.9. The van der Waals surface area contributed by atoms with Crippen molar-refractivity contribution in [1.29, 1.82) is 0 Å². The van der Waals surface area contributed by atoms with Crippen LogP contribution in [0.3, 0.4) is 0 Å². The van der Waals surface area contributed by atoms with Crippen LogP contribution in [0.4, 0.5) is 13.2 Å². The molecule has 1 aromatic heterocycles. The SMILES string of the molecule is CCCn1ccc(CNC(C)CC(F)(F)F)c1. The van der Waals surface area contributed by atoms with Gasteiger partial charge >= 0.3 is 6.18 Å². The predicted octanol–water partition coefficient (Wildman–Crippen LogP) is 3.33. The summed E-state index contributed by atoms with van der Waals surface area (Å²) >= 11 is 0. The van der Waals surface area contributed by atoms with Gasteiger partial charge in [-0.25, -0.2) is 0 Å². The minimum atomic E-state index is -4.10. The zero-order chi connectivity index (χ0) is 12.9. The zero-order valence-electron chi connectivity index (χ0n) is 10.2. The number of hydrogen-bond donors (Lipinski definition) is 1. The van der Waals surface area contributed by atoms with E-state index in [2.05, 4.69) is 12.2 Å². The second-order valence-corrected chi connectivity index (χ2v) is 4.36. The molecule has 1 rings (SSSR count). The maximum absolute atomic E-state index is 12.1. The van der Waals surface area contributed by atoms with Crippen LogP contribution in [0.5, 0.6) is 0 Å². The molecule has 2 nitrogen and oxygen atoms in total. The lowest BCUT2D eigenvalue weighted by molar-refractivity contribution is -0.139. The van der Waals surface area contributed by atoms with Crippen molar-refractivity contribution in [2.24, 2.45) is 0 Å². The van der Waals surface area contributed by atoms with Crippen molar-refractivity contribution in [3.8, 4) is 0 Å². The van der Waals surface area contributed by atoms with Gasteiger partial charge < -0.3 is 9.88 Å². The summed E-state index contributed by atoms with van der Waals surface area (Å²) < 4.78 is 38.3. The zero-order valence-corrected chi connectivity index (χ0v) is 10.2. The van der Waals surface area contributed by atoms with E-state index in [0.717, 1.165) is 18.5 Å². The second-order valence-electron chi connectivity index (χ2n) is 4.36. The summed E-state index contributed by atoms with van der Waals surface area (Å²) in [5, 5.41) is 2.88. The van der Waals surface area contributed by atoms with E-state index in [1.165, 1.54) is 0 Å². The quantitative estimate of drug-likeness (QED) is 0.817. The molecule has 0 saturated carbocycles. The Balaban J connectivity index is 2.34. The van der Waals surface area contributed by atoms with E-state index in [1.54, 1.807) is 6.92 Å². The Bertz CT molecular complexity index is 331. The molecule has 98 valence electrons. The van der Waals surface area contributed by atoms with Gasteiger partial charge in [-0.05, 0) is 25.0 Å². The summed E-state index contributed by atoms with van der Waals surface area (Å²) in [4.78, 5) is 0. The van der Waals surface area contributed by atoms with Gasteiger partial charge in [-0.15, -0.1) is 0 Å². The molecule has 0 aromatic carbocycles. The molecule has 1 unspecified atom stereocenters. The summed E-state index contributed by atoms with van der Waals surface area (Å²) in [6, 6.07) is 1.38. The summed E-state index contributed by atoms with van der Waals surface area (Å²) in [6.45, 7) is 5.06. The van der Waals surface area contributed by atoms with Gasteiger partial charge in [0, 0.05) is 31.5 Å². The first-order chi connectivity index (χ1) is 7.90. The predicted molar refractivity (Wildman–Crippen MR) is 61.7 cm³/mol. The van der Waals surface area contributed by atoms with Crippen molar-refractivity contribution >= 4 is 0 Å². The largest absolute Gasteiger partial charge is 0.390 e. The molecule has 5 heteroatoms. The molecule has 0 amide bonds. The fourth-order valence-electron chi connectivity index (χ4n) is 1.70. The van der Waals surface area contributed by atoms with Crippen LogP contribution in [0.25, 0.3) is 0 Å². The van der Waals surface area contributed by atoms with Crippen molar-refractivity contribution in [3.63, 3.8) is 0 Å². The van der Waals surface area contributed by atoms with Gasteiger partial charge in [-0.2, -0.15) is 13.2 Å². The lowest BCUT2D eigenvalue weighted by atomic mass is 10.2. The van der Waals surface area contributed by atoms with E-state index in [1.807, 2.05) is 23.0 Å². The highest BCUT2D eigenvalue weighted by atomic mass is 19.4. The number of nitrogens with one attached hydrogen (secondary N) is 1. The molecular formula is C12H19F3N2. The van der Waals surface area contributed by atoms with Crippen molar-refractivity contribution < 1.29 is 13.2 Å². The van der Waals surface area contributed by atoms with Gasteiger partial charge in [0.2, 0.25) is 0 Å². The lowest BCUT2D eigenvalue weighted by Gasteiger charge is -2.15. The standard InChI is InChI=1S/C12H19F3N2/c1-3-5-17-6-4-11(9-17)8-16-10(2)7-12(13,14)15/h4,6,9-10,16H,3,5,7-8H2,1-2H3. The van der Waals surface area contributed by atoms with E-state index in [-0.39, 0.29) is 0 Å². The number of hydrogen-bond acceptors (Lipinski definition) is 1. The van der Waals surface area contributed by atoms with Crippen molar-refractivity contribution in [1.82, 2.24) is 9.88 Å². The Kier molecular flexibility index (Phi) is 5.05. The molecule has 1 atom stereocenters. The Labute approximate surface area is 99.8 Å². The highest BCUT2D eigenvalue weighted by molar-refractivity contribution is 5.10. The van der Waals surface area contributed by atoms with Crippen LogP contribution in [0.15, 0.2) is 18.5 Å². The Morgan fingerprint density at radius 2 is 2.12 bits per heavy atom. The van der Waals surface area contributed by atoms with Crippen LogP contribution in [-0.2, 0) is 13.1 Å². The van der Waals surface area contributed by atoms with Crippen molar-refractivity contribution in [2.75, 3.05) is 0 Å². The molecule has 1 heterocycles. The molecule has 0 spiro atoms. The first-order valence-corrected chi connectivity index (χ1v) is 5.85. The van der Waals surface area contributed by atoms with E-state index >= 15 is 0 Å². The Morgan fingerprint density at radius 1 is 1.41 bits per heavy atom. The molecule has 0 saturated heterocycles. The smallest absolute Gasteiger partial charge is 0.354 e. The van der Waals surface area contributed by atoms with Crippen LogP contribution >= 0.6 is 0 Å². The van der Waals surface area contributed by atoms with Gasteiger partial charge in [0.15, 0.2) is 0 Å². The highest BCUT2D eigenvalue weighted by Crippen LogP contribution is 2.21. The Morgan fingerprint density at radius 3 is 2.71 bits per heavy atom. The Hall–Kier alpha value is -0.970. The number of rotatable bonds is 6. The van der Waals surface area contributed by atoms with Gasteiger partial charge in [0.1, 0.15) is 0 Å². The van der Waals surface area contributed by atoms with Crippen molar-refractivity contribution in [3.05, 3.63) is 24.0 Å². The molecule has 0 radical (unpaired) electrons. The van der Waals surface area contributed by atoms with Crippen LogP contribution in [0.2, 0.25) is 0 Å². The molecule has 0 fully saturated rings. The average molecular weight is 248 g/mol. The topological polar surface area (TPSA) is 17.0 Å². The minimum absolute atomic E-state index is 0.480. The van der Waals surface area contributed by atoms with E-state index in [4.69, 9.17) is 0 Å². The number of aryl methyl sites for hydroxylation is 1. The summed E-state index contributed by atoms with van der Waals surface area (Å²) in [6.07, 6.45) is 0.0843. The number of alkyl halides is 3. The van der Waals surface area contributed by atoms with Gasteiger partial charge in [-0.1, -0.05) is 6.92 Å². The first-order valence-electron chi connectivity index (χ1n) is 5.85. The molecular weight excluding hydrogens is 229 g/mol. The van der Waals surface area contributed by atoms with Gasteiger partial charge in [0.25, 0.3) is 0 Å². The van der Waals surface area contributed by atoms with E-state index in [0.29, 0.717) is 6.54 Å². The van der Waals surface area contributed by atoms with Crippen molar-refractivity contribution in [2.45, 2.75) is 52.0 Å². The minimum Gasteiger partial charge on any atom is -0.354 e. The summed E-state index contributed by atoms with van der Waals surface area (Å²) in [5.41, 5.74) is 1.02. The number of nitrogens with zero attached hydrogens (tertiary/aromatic N) is 1. The third-order valence-electron chi connectivity index (χ3n) is 2.49. The van der Waals surface area contributed by atoms with Gasteiger partial charge in [-0.3, -0.25) is 0 Å².